The van der Waals surface area contributed by atoms with Gasteiger partial charge in [0.1, 0.15) is 19.0 Å². The van der Waals surface area contributed by atoms with Gasteiger partial charge in [0.05, 0.1) is 0 Å². The maximum atomic E-state index is 11.8. The molecule has 0 radical (unpaired) electrons. The molecule has 0 aliphatic carbocycles. The number of rotatable bonds is 5. The Labute approximate surface area is 130 Å². The van der Waals surface area contributed by atoms with Crippen LogP contribution in [0.1, 0.15) is 0 Å². The Kier molecular flexibility index (Phi) is 5.51. The van der Waals surface area contributed by atoms with Crippen LogP contribution >= 0.6 is 15.9 Å². The fraction of sp³-hybridized carbons (Fsp3) is 0.462. The molecule has 0 bridgehead atoms. The van der Waals surface area contributed by atoms with Crippen molar-refractivity contribution in [1.82, 2.24) is 9.88 Å². The van der Waals surface area contributed by atoms with E-state index in [0.29, 0.717) is 26.2 Å². The summed E-state index contributed by atoms with van der Waals surface area (Å²) in [6.45, 7) is 1.90. The normalized spacial score (nSPS) is 15.1. The summed E-state index contributed by atoms with van der Waals surface area (Å²) < 4.78 is 5.74. The third-order valence-electron chi connectivity index (χ3n) is 3.12. The lowest BCUT2D eigenvalue weighted by Gasteiger charge is -2.35. The predicted molar refractivity (Wildman–Crippen MR) is 79.2 cm³/mol. The van der Waals surface area contributed by atoms with Gasteiger partial charge in [0.15, 0.2) is 0 Å². The van der Waals surface area contributed by atoms with E-state index >= 15 is 0 Å². The first-order valence-electron chi connectivity index (χ1n) is 6.50. The summed E-state index contributed by atoms with van der Waals surface area (Å²) in [4.78, 5) is 30.3. The highest BCUT2D eigenvalue weighted by Gasteiger charge is 2.21. The molecule has 7 nitrogen and oxygen atoms in total. The SMILES string of the molecule is O=C(O)COCC(=O)N1CCN(c2ccc(Br)cn2)CC1. The van der Waals surface area contributed by atoms with Crippen LogP contribution in [0.2, 0.25) is 0 Å². The standard InChI is InChI=1S/C13H16BrN3O4/c14-10-1-2-11(15-7-10)16-3-5-17(6-4-16)12(18)8-21-9-13(19)20/h1-2,7H,3-6,8-9H2,(H,19,20). The molecule has 2 rings (SSSR count). The number of carboxylic acid groups (broad SMARTS) is 1. The van der Waals surface area contributed by atoms with Crippen LogP contribution < -0.4 is 4.90 Å². The first kappa shape index (κ1) is 15.7. The second-order valence-corrected chi connectivity index (χ2v) is 5.50. The van der Waals surface area contributed by atoms with Crippen molar-refractivity contribution in [3.05, 3.63) is 22.8 Å². The topological polar surface area (TPSA) is 83.0 Å². The maximum Gasteiger partial charge on any atom is 0.329 e. The lowest BCUT2D eigenvalue weighted by atomic mass is 10.3. The second-order valence-electron chi connectivity index (χ2n) is 4.59. The summed E-state index contributed by atoms with van der Waals surface area (Å²) >= 11 is 3.34. The average molecular weight is 358 g/mol. The van der Waals surface area contributed by atoms with Gasteiger partial charge in [0.25, 0.3) is 0 Å². The van der Waals surface area contributed by atoms with Gasteiger partial charge in [-0.05, 0) is 28.1 Å². The molecule has 8 heteroatoms. The van der Waals surface area contributed by atoms with Gasteiger partial charge in [0.2, 0.25) is 5.91 Å². The summed E-state index contributed by atoms with van der Waals surface area (Å²) in [6.07, 6.45) is 1.74. The van der Waals surface area contributed by atoms with E-state index in [9.17, 15) is 9.59 Å². The number of piperazine rings is 1. The number of halogens is 1. The number of aromatic nitrogens is 1. The largest absolute Gasteiger partial charge is 0.480 e. The minimum Gasteiger partial charge on any atom is -0.480 e. The summed E-state index contributed by atoms with van der Waals surface area (Å²) in [7, 11) is 0. The van der Waals surface area contributed by atoms with E-state index in [1.54, 1.807) is 11.1 Å². The number of hydrogen-bond acceptors (Lipinski definition) is 5. The molecule has 1 saturated heterocycles. The fourth-order valence-electron chi connectivity index (χ4n) is 2.06. The van der Waals surface area contributed by atoms with E-state index in [4.69, 9.17) is 9.84 Å². The van der Waals surface area contributed by atoms with Crippen molar-refractivity contribution >= 4 is 33.6 Å². The number of nitrogens with zero attached hydrogens (tertiary/aromatic N) is 3. The smallest absolute Gasteiger partial charge is 0.329 e. The van der Waals surface area contributed by atoms with Crippen LogP contribution in [0.15, 0.2) is 22.8 Å². The molecule has 1 amide bonds. The van der Waals surface area contributed by atoms with E-state index < -0.39 is 12.6 Å². The summed E-state index contributed by atoms with van der Waals surface area (Å²) in [5, 5.41) is 8.45. The molecular weight excluding hydrogens is 342 g/mol. The van der Waals surface area contributed by atoms with Crippen LogP contribution in [0.3, 0.4) is 0 Å². The average Bonchev–Trinajstić information content (AvgIpc) is 2.48. The molecule has 1 aromatic rings. The van der Waals surface area contributed by atoms with Crippen LogP contribution in [-0.4, -0.2) is 66.3 Å². The van der Waals surface area contributed by atoms with E-state index in [1.165, 1.54) is 0 Å². The van der Waals surface area contributed by atoms with Crippen LogP contribution in [0.4, 0.5) is 5.82 Å². The Morgan fingerprint density at radius 2 is 1.95 bits per heavy atom. The van der Waals surface area contributed by atoms with Crippen LogP contribution in [0, 0.1) is 0 Å². The Morgan fingerprint density at radius 1 is 1.24 bits per heavy atom. The number of carbonyl (C=O) groups is 2. The zero-order chi connectivity index (χ0) is 15.2. The van der Waals surface area contributed by atoms with Crippen molar-refractivity contribution in [2.75, 3.05) is 44.3 Å². The van der Waals surface area contributed by atoms with E-state index in [1.807, 2.05) is 12.1 Å². The quantitative estimate of drug-likeness (QED) is 0.830. The Balaban J connectivity index is 1.78. The lowest BCUT2D eigenvalue weighted by molar-refractivity contribution is -0.145. The van der Waals surface area contributed by atoms with Crippen molar-refractivity contribution in [3.63, 3.8) is 0 Å². The van der Waals surface area contributed by atoms with E-state index in [2.05, 4.69) is 25.8 Å². The molecule has 21 heavy (non-hydrogen) atoms. The van der Waals surface area contributed by atoms with Crippen LogP contribution in [0.5, 0.6) is 0 Å². The highest BCUT2D eigenvalue weighted by atomic mass is 79.9. The molecule has 2 heterocycles. The molecule has 114 valence electrons. The first-order chi connectivity index (χ1) is 10.1. The zero-order valence-electron chi connectivity index (χ0n) is 11.4. The number of aliphatic carboxylic acids is 1. The fourth-order valence-corrected chi connectivity index (χ4v) is 2.29. The lowest BCUT2D eigenvalue weighted by Crippen LogP contribution is -2.50. The highest BCUT2D eigenvalue weighted by Crippen LogP contribution is 2.16. The molecule has 1 N–H and O–H groups in total. The Hall–Kier alpha value is -1.67. The van der Waals surface area contributed by atoms with Gasteiger partial charge in [-0.3, -0.25) is 4.79 Å². The van der Waals surface area contributed by atoms with Crippen LogP contribution in [-0.2, 0) is 14.3 Å². The van der Waals surface area contributed by atoms with Gasteiger partial charge in [-0.15, -0.1) is 0 Å². The zero-order valence-corrected chi connectivity index (χ0v) is 13.0. The number of hydrogen-bond donors (Lipinski definition) is 1. The highest BCUT2D eigenvalue weighted by molar-refractivity contribution is 9.10. The van der Waals surface area contributed by atoms with Gasteiger partial charge in [-0.2, -0.15) is 0 Å². The van der Waals surface area contributed by atoms with Gasteiger partial charge in [-0.25, -0.2) is 9.78 Å². The summed E-state index contributed by atoms with van der Waals surface area (Å²) in [5.74, 6) is -0.374. The molecule has 1 aliphatic heterocycles. The van der Waals surface area contributed by atoms with Crippen molar-refractivity contribution in [3.8, 4) is 0 Å². The minimum atomic E-state index is -1.08. The van der Waals surface area contributed by atoms with E-state index in [0.717, 1.165) is 10.3 Å². The summed E-state index contributed by atoms with van der Waals surface area (Å²) in [6, 6.07) is 3.86. The van der Waals surface area contributed by atoms with Crippen molar-refractivity contribution in [2.45, 2.75) is 0 Å². The molecular formula is C13H16BrN3O4. The minimum absolute atomic E-state index is 0.181. The third-order valence-corrected chi connectivity index (χ3v) is 3.59. The number of pyridine rings is 1. The van der Waals surface area contributed by atoms with Crippen molar-refractivity contribution in [2.24, 2.45) is 0 Å². The van der Waals surface area contributed by atoms with Gasteiger partial charge in [-0.1, -0.05) is 0 Å². The Bertz CT molecular complexity index is 501. The monoisotopic (exact) mass is 357 g/mol. The molecule has 1 fully saturated rings. The molecule has 0 aromatic carbocycles. The molecule has 1 aliphatic rings. The number of carbonyl (C=O) groups excluding carboxylic acids is 1. The molecule has 1 aromatic heterocycles. The van der Waals surface area contributed by atoms with Gasteiger partial charge >= 0.3 is 5.97 Å². The van der Waals surface area contributed by atoms with E-state index in [-0.39, 0.29) is 12.5 Å². The number of carboxylic acids is 1. The predicted octanol–water partition coefficient (Wildman–Crippen LogP) is 0.594. The van der Waals surface area contributed by atoms with Crippen molar-refractivity contribution < 1.29 is 19.4 Å². The maximum absolute atomic E-state index is 11.8. The molecule has 0 spiro atoms. The molecule has 0 saturated carbocycles. The van der Waals surface area contributed by atoms with Crippen molar-refractivity contribution in [1.29, 1.82) is 0 Å². The molecule has 0 unspecified atom stereocenters. The first-order valence-corrected chi connectivity index (χ1v) is 7.29. The molecule has 0 atom stereocenters. The van der Waals surface area contributed by atoms with Crippen LogP contribution in [0.25, 0.3) is 0 Å². The van der Waals surface area contributed by atoms with Gasteiger partial charge in [0, 0.05) is 36.8 Å². The number of ether oxygens (including phenoxy) is 1. The van der Waals surface area contributed by atoms with Gasteiger partial charge < -0.3 is 19.6 Å². The number of amides is 1. The Morgan fingerprint density at radius 3 is 2.52 bits per heavy atom. The number of anilines is 1. The second kappa shape index (κ2) is 7.37. The summed E-state index contributed by atoms with van der Waals surface area (Å²) in [5.41, 5.74) is 0. The third kappa shape index (κ3) is 4.68.